The van der Waals surface area contributed by atoms with Gasteiger partial charge in [-0.15, -0.1) is 0 Å². The van der Waals surface area contributed by atoms with Gasteiger partial charge in [-0.2, -0.15) is 0 Å². The van der Waals surface area contributed by atoms with Crippen LogP contribution in [-0.4, -0.2) is 139 Å². The topological polar surface area (TPSA) is 199 Å². The molecule has 37 heavy (non-hydrogen) atoms. The molecule has 15 atom stereocenters. The molecule has 15 unspecified atom stereocenters. The molecular weight excluding hydrogens is 494 g/mol. The molecule has 13 nitrogen and oxygen atoms in total. The van der Waals surface area contributed by atoms with E-state index in [4.69, 9.17) is 18.9 Å². The van der Waals surface area contributed by atoms with E-state index >= 15 is 0 Å². The predicted molar refractivity (Wildman–Crippen MR) is 126 cm³/mol. The number of nitrogens with zero attached hydrogens (tertiary/aromatic N) is 1. The van der Waals surface area contributed by atoms with Crippen LogP contribution in [0.5, 0.6) is 0 Å². The maximum Gasteiger partial charge on any atom is 0.222 e. The number of ether oxygens (including phenoxy) is 4. The summed E-state index contributed by atoms with van der Waals surface area (Å²) in [7, 11) is 1.41. The van der Waals surface area contributed by atoms with Gasteiger partial charge >= 0.3 is 0 Å². The summed E-state index contributed by atoms with van der Waals surface area (Å²) in [5.74, 6) is -1.58. The molecule has 1 amide bonds. The first-order chi connectivity index (χ1) is 17.2. The van der Waals surface area contributed by atoms with E-state index in [1.807, 2.05) is 0 Å². The molecule has 3 rings (SSSR count). The first-order valence-electron chi connectivity index (χ1n) is 12.8. The van der Waals surface area contributed by atoms with E-state index in [-0.39, 0.29) is 12.3 Å². The Morgan fingerprint density at radius 1 is 0.892 bits per heavy atom. The van der Waals surface area contributed by atoms with Gasteiger partial charge in [0.1, 0.15) is 42.2 Å². The van der Waals surface area contributed by atoms with Crippen LogP contribution in [0.2, 0.25) is 0 Å². The summed E-state index contributed by atoms with van der Waals surface area (Å²) in [6.45, 7) is 7.26. The fourth-order valence-corrected chi connectivity index (χ4v) is 5.42. The third kappa shape index (κ3) is 5.54. The first kappa shape index (κ1) is 30.6. The Kier molecular flexibility index (Phi) is 9.62. The van der Waals surface area contributed by atoms with Crippen molar-refractivity contribution in [1.82, 2.24) is 4.90 Å². The van der Waals surface area contributed by atoms with Crippen LogP contribution in [0, 0.1) is 11.8 Å². The lowest BCUT2D eigenvalue weighted by molar-refractivity contribution is -0.326. The Balaban J connectivity index is 1.90. The van der Waals surface area contributed by atoms with E-state index in [1.165, 1.54) is 18.9 Å². The Morgan fingerprint density at radius 2 is 1.51 bits per heavy atom. The fraction of sp³-hybridized carbons (Fsp3) is 0.958. The van der Waals surface area contributed by atoms with Gasteiger partial charge in [0, 0.05) is 25.3 Å². The normalized spacial score (nSPS) is 50.7. The highest BCUT2D eigenvalue weighted by atomic mass is 16.8. The van der Waals surface area contributed by atoms with Gasteiger partial charge < -0.3 is 59.6 Å². The molecule has 1 aliphatic carbocycles. The minimum Gasteiger partial charge on any atom is -0.394 e. The molecule has 13 heteroatoms. The lowest BCUT2D eigenvalue weighted by Crippen LogP contribution is -2.66. The molecule has 1 saturated carbocycles. The second kappa shape index (κ2) is 11.6. The summed E-state index contributed by atoms with van der Waals surface area (Å²) in [5, 5.41) is 73.8. The van der Waals surface area contributed by atoms with Crippen LogP contribution < -0.4 is 0 Å². The molecular formula is C24H43NO12. The number of carbonyl (C=O) groups is 1. The summed E-state index contributed by atoms with van der Waals surface area (Å²) in [6.07, 6.45) is -13.8. The molecule has 0 aromatic heterocycles. The summed E-state index contributed by atoms with van der Waals surface area (Å²) in [4.78, 5) is 13.6. The molecule has 0 aromatic carbocycles. The van der Waals surface area contributed by atoms with Gasteiger partial charge in [0.2, 0.25) is 5.91 Å². The molecule has 2 aliphatic heterocycles. The summed E-state index contributed by atoms with van der Waals surface area (Å²) in [5.41, 5.74) is -1.69. The van der Waals surface area contributed by atoms with Crippen LogP contribution >= 0.6 is 0 Å². The monoisotopic (exact) mass is 537 g/mol. The van der Waals surface area contributed by atoms with E-state index in [2.05, 4.69) is 0 Å². The lowest BCUT2D eigenvalue weighted by atomic mass is 9.75. The highest BCUT2D eigenvalue weighted by molar-refractivity contribution is 5.76. The number of aliphatic hydroxyl groups excluding tert-OH is 6. The molecule has 3 fully saturated rings. The molecule has 216 valence electrons. The Labute approximate surface area is 216 Å². The van der Waals surface area contributed by atoms with Crippen molar-refractivity contribution in [2.75, 3.05) is 13.7 Å². The minimum absolute atomic E-state index is 0.0967. The molecule has 0 spiro atoms. The second-order valence-electron chi connectivity index (χ2n) is 10.8. The van der Waals surface area contributed by atoms with Gasteiger partial charge in [-0.1, -0.05) is 20.8 Å². The molecule has 0 radical (unpaired) electrons. The van der Waals surface area contributed by atoms with Crippen LogP contribution in [0.1, 0.15) is 41.0 Å². The van der Waals surface area contributed by atoms with Gasteiger partial charge in [0.15, 0.2) is 12.6 Å². The molecule has 0 bridgehead atoms. The van der Waals surface area contributed by atoms with Crippen LogP contribution in [0.4, 0.5) is 0 Å². The van der Waals surface area contributed by atoms with Crippen molar-refractivity contribution in [3.63, 3.8) is 0 Å². The number of aliphatic hydroxyl groups is 7. The highest BCUT2D eigenvalue weighted by Gasteiger charge is 2.58. The molecule has 3 aliphatic rings. The fourth-order valence-electron chi connectivity index (χ4n) is 5.42. The van der Waals surface area contributed by atoms with Gasteiger partial charge in [-0.05, 0) is 13.8 Å². The van der Waals surface area contributed by atoms with E-state index < -0.39 is 97.6 Å². The molecule has 2 saturated heterocycles. The Bertz CT molecular complexity index is 769. The average molecular weight is 538 g/mol. The maximum absolute atomic E-state index is 12.5. The van der Waals surface area contributed by atoms with Crippen molar-refractivity contribution in [1.29, 1.82) is 0 Å². The van der Waals surface area contributed by atoms with Crippen molar-refractivity contribution in [3.8, 4) is 0 Å². The first-order valence-corrected chi connectivity index (χ1v) is 12.8. The number of rotatable bonds is 7. The quantitative estimate of drug-likeness (QED) is 0.178. The summed E-state index contributed by atoms with van der Waals surface area (Å²) < 4.78 is 23.7. The van der Waals surface area contributed by atoms with Gasteiger partial charge in [-0.25, -0.2) is 0 Å². The lowest BCUT2D eigenvalue weighted by Gasteiger charge is -2.47. The van der Waals surface area contributed by atoms with Crippen LogP contribution in [0.25, 0.3) is 0 Å². The van der Waals surface area contributed by atoms with Crippen molar-refractivity contribution in [2.45, 2.75) is 120 Å². The Hall–Kier alpha value is -0.970. The zero-order valence-corrected chi connectivity index (χ0v) is 22.1. The summed E-state index contributed by atoms with van der Waals surface area (Å²) in [6, 6.07) is -1.21. The van der Waals surface area contributed by atoms with Crippen LogP contribution in [0.3, 0.4) is 0 Å². The van der Waals surface area contributed by atoms with Crippen molar-refractivity contribution in [3.05, 3.63) is 0 Å². The number of likely N-dealkylation sites (N-methyl/N-ethyl adjacent to an activating group) is 1. The SMILES string of the molecule is CCC(=O)N(C)C1C(OC2C(OC3C(C)C(O)C(C)C(O)C3O)OC(C)C2(C)O)OC(CO)C(O)C1O. The molecule has 0 aromatic rings. The number of carbonyl (C=O) groups excluding carboxylic acids is 1. The van der Waals surface area contributed by atoms with E-state index in [0.29, 0.717) is 0 Å². The van der Waals surface area contributed by atoms with Crippen LogP contribution in [-0.2, 0) is 23.7 Å². The predicted octanol–water partition coefficient (Wildman–Crippen LogP) is -2.70. The van der Waals surface area contributed by atoms with E-state index in [0.717, 1.165) is 0 Å². The van der Waals surface area contributed by atoms with Crippen LogP contribution in [0.15, 0.2) is 0 Å². The second-order valence-corrected chi connectivity index (χ2v) is 10.8. The number of hydrogen-bond donors (Lipinski definition) is 7. The summed E-state index contributed by atoms with van der Waals surface area (Å²) >= 11 is 0. The van der Waals surface area contributed by atoms with Gasteiger partial charge in [0.05, 0.1) is 31.0 Å². The van der Waals surface area contributed by atoms with Gasteiger partial charge in [0.25, 0.3) is 0 Å². The average Bonchev–Trinajstić information content (AvgIpc) is 3.07. The minimum atomic E-state index is -1.69. The standard InChI is InChI=1S/C24H43NO12/c1-7-13(27)25(6)14-18(31)17(30)12(8-26)35-22(14)37-21-23(34-11(4)24(21,5)33)36-20-10(3)15(28)9(2)16(29)19(20)32/h9-12,14-23,26,28-33H,7-8H2,1-6H3. The number of hydrogen-bond acceptors (Lipinski definition) is 12. The Morgan fingerprint density at radius 3 is 2.08 bits per heavy atom. The van der Waals surface area contributed by atoms with E-state index in [9.17, 15) is 40.5 Å². The number of amides is 1. The largest absolute Gasteiger partial charge is 0.394 e. The zero-order chi connectivity index (χ0) is 28.0. The van der Waals surface area contributed by atoms with Gasteiger partial charge in [-0.3, -0.25) is 4.79 Å². The smallest absolute Gasteiger partial charge is 0.222 e. The third-order valence-electron chi connectivity index (χ3n) is 8.37. The van der Waals surface area contributed by atoms with Crippen molar-refractivity contribution in [2.24, 2.45) is 11.8 Å². The van der Waals surface area contributed by atoms with Crippen molar-refractivity contribution >= 4 is 5.91 Å². The molecule has 7 N–H and O–H groups in total. The molecule has 2 heterocycles. The van der Waals surface area contributed by atoms with E-state index in [1.54, 1.807) is 27.7 Å². The highest BCUT2D eigenvalue weighted by Crippen LogP contribution is 2.40. The van der Waals surface area contributed by atoms with Crippen molar-refractivity contribution < 1.29 is 59.5 Å². The zero-order valence-electron chi connectivity index (χ0n) is 22.1. The maximum atomic E-state index is 12.5. The third-order valence-corrected chi connectivity index (χ3v) is 8.37.